The lowest BCUT2D eigenvalue weighted by molar-refractivity contribution is -0.117. The Morgan fingerprint density at radius 2 is 1.94 bits per heavy atom. The van der Waals surface area contributed by atoms with Gasteiger partial charge in [0.1, 0.15) is 6.54 Å². The highest BCUT2D eigenvalue weighted by Gasteiger charge is 2.25. The lowest BCUT2D eigenvalue weighted by Gasteiger charge is -2.25. The Bertz CT molecular complexity index is 916. The van der Waals surface area contributed by atoms with Gasteiger partial charge in [-0.1, -0.05) is 23.9 Å². The fourth-order valence-electron chi connectivity index (χ4n) is 3.46. The van der Waals surface area contributed by atoms with Crippen molar-refractivity contribution in [2.24, 2.45) is 0 Å². The van der Waals surface area contributed by atoms with Crippen molar-refractivity contribution in [1.29, 1.82) is 0 Å². The number of carbonyl (C=O) groups is 2. The van der Waals surface area contributed by atoms with Gasteiger partial charge in [-0.2, -0.15) is 8.78 Å². The van der Waals surface area contributed by atoms with Crippen molar-refractivity contribution in [1.82, 2.24) is 4.90 Å². The summed E-state index contributed by atoms with van der Waals surface area (Å²) >= 11 is 0.425. The number of benzene rings is 2. The first-order chi connectivity index (χ1) is 14.8. The first-order valence-electron chi connectivity index (χ1n) is 10.2. The molecule has 1 heterocycles. The fourth-order valence-corrected chi connectivity index (χ4v) is 3.96. The van der Waals surface area contributed by atoms with E-state index < -0.39 is 5.76 Å². The van der Waals surface area contributed by atoms with Gasteiger partial charge in [0.15, 0.2) is 0 Å². The van der Waals surface area contributed by atoms with Crippen LogP contribution in [0.5, 0.6) is 0 Å². The van der Waals surface area contributed by atoms with Gasteiger partial charge in [0.25, 0.3) is 11.7 Å². The van der Waals surface area contributed by atoms with E-state index >= 15 is 0 Å². The van der Waals surface area contributed by atoms with Gasteiger partial charge >= 0.3 is 0 Å². The van der Waals surface area contributed by atoms with Crippen molar-refractivity contribution >= 4 is 29.3 Å². The molecule has 2 amide bonds. The largest absolute Gasteiger partial charge is 0.376 e. The minimum absolute atomic E-state index is 0.119. The van der Waals surface area contributed by atoms with Crippen LogP contribution in [-0.2, 0) is 9.53 Å². The molecule has 1 fully saturated rings. The smallest absolute Gasteiger partial charge is 0.288 e. The number of amides is 2. The van der Waals surface area contributed by atoms with E-state index in [1.54, 1.807) is 0 Å². The zero-order valence-corrected chi connectivity index (χ0v) is 18.4. The Balaban J connectivity index is 1.73. The number of ether oxygens (including phenoxy) is 1. The van der Waals surface area contributed by atoms with Crippen molar-refractivity contribution < 1.29 is 23.1 Å². The molecule has 1 aliphatic rings. The summed E-state index contributed by atoms with van der Waals surface area (Å²) in [5, 5.41) is 2.88. The molecule has 0 bridgehead atoms. The number of anilines is 1. The van der Waals surface area contributed by atoms with E-state index in [1.807, 2.05) is 32.0 Å². The molecule has 0 aliphatic carbocycles. The molecule has 1 saturated heterocycles. The molecule has 5 nitrogen and oxygen atoms in total. The first-order valence-corrected chi connectivity index (χ1v) is 11.0. The van der Waals surface area contributed by atoms with Gasteiger partial charge < -0.3 is 15.0 Å². The van der Waals surface area contributed by atoms with Gasteiger partial charge in [0.2, 0.25) is 5.91 Å². The SMILES string of the molecule is Cc1cccc(NC(=O)CN(CC2CCCO2)C(=O)c2ccc(SC(F)F)cc2)c1C. The van der Waals surface area contributed by atoms with E-state index in [9.17, 15) is 18.4 Å². The second-order valence-corrected chi connectivity index (χ2v) is 8.58. The summed E-state index contributed by atoms with van der Waals surface area (Å²) in [5.74, 6) is -3.16. The summed E-state index contributed by atoms with van der Waals surface area (Å²) in [6.45, 7) is 4.71. The van der Waals surface area contributed by atoms with Crippen LogP contribution in [0.1, 0.15) is 34.3 Å². The third-order valence-electron chi connectivity index (χ3n) is 5.27. The van der Waals surface area contributed by atoms with E-state index in [-0.39, 0.29) is 24.5 Å². The molecular formula is C23H26F2N2O3S. The number of aryl methyl sites for hydroxylation is 1. The third kappa shape index (κ3) is 6.51. The summed E-state index contributed by atoms with van der Waals surface area (Å²) in [6, 6.07) is 11.7. The van der Waals surface area contributed by atoms with E-state index in [0.29, 0.717) is 41.1 Å². The molecule has 1 unspecified atom stereocenters. The molecule has 8 heteroatoms. The number of nitrogens with one attached hydrogen (secondary N) is 1. The van der Waals surface area contributed by atoms with Crippen LogP contribution in [0.2, 0.25) is 0 Å². The Kier molecular flexibility index (Phi) is 8.03. The van der Waals surface area contributed by atoms with Crippen LogP contribution in [0.15, 0.2) is 47.4 Å². The zero-order valence-electron chi connectivity index (χ0n) is 17.6. The van der Waals surface area contributed by atoms with E-state index in [1.165, 1.54) is 29.2 Å². The molecule has 31 heavy (non-hydrogen) atoms. The highest BCUT2D eigenvalue weighted by molar-refractivity contribution is 7.99. The molecule has 2 aromatic rings. The Morgan fingerprint density at radius 1 is 1.19 bits per heavy atom. The van der Waals surface area contributed by atoms with Crippen molar-refractivity contribution in [3.8, 4) is 0 Å². The molecule has 1 aliphatic heterocycles. The van der Waals surface area contributed by atoms with Crippen LogP contribution >= 0.6 is 11.8 Å². The number of rotatable bonds is 8. The number of nitrogens with zero attached hydrogens (tertiary/aromatic N) is 1. The van der Waals surface area contributed by atoms with E-state index in [4.69, 9.17) is 4.74 Å². The Labute approximate surface area is 185 Å². The molecule has 0 saturated carbocycles. The molecule has 1 N–H and O–H groups in total. The number of alkyl halides is 2. The number of halogens is 2. The molecule has 0 spiro atoms. The van der Waals surface area contributed by atoms with Crippen LogP contribution in [0.4, 0.5) is 14.5 Å². The van der Waals surface area contributed by atoms with E-state index in [2.05, 4.69) is 5.32 Å². The average Bonchev–Trinajstić information content (AvgIpc) is 3.24. The maximum Gasteiger partial charge on any atom is 0.288 e. The van der Waals surface area contributed by atoms with Crippen LogP contribution in [-0.4, -0.2) is 48.3 Å². The maximum absolute atomic E-state index is 13.1. The fraction of sp³-hybridized carbons (Fsp3) is 0.391. The predicted molar refractivity (Wildman–Crippen MR) is 118 cm³/mol. The number of thioether (sulfide) groups is 1. The average molecular weight is 449 g/mol. The topological polar surface area (TPSA) is 58.6 Å². The summed E-state index contributed by atoms with van der Waals surface area (Å²) < 4.78 is 30.7. The maximum atomic E-state index is 13.1. The summed E-state index contributed by atoms with van der Waals surface area (Å²) in [6.07, 6.45) is 1.62. The molecular weight excluding hydrogens is 422 g/mol. The summed E-state index contributed by atoms with van der Waals surface area (Å²) in [4.78, 5) is 27.7. The minimum atomic E-state index is -2.52. The van der Waals surface area contributed by atoms with Crippen LogP contribution in [0, 0.1) is 13.8 Å². The second-order valence-electron chi connectivity index (χ2n) is 7.52. The standard InChI is InChI=1S/C23H26F2N2O3S/c1-15-5-3-7-20(16(15)2)26-21(28)14-27(13-18-6-4-12-30-18)22(29)17-8-10-19(11-9-17)31-23(24)25/h3,5,7-11,18,23H,4,6,12-14H2,1-2H3,(H,26,28). The summed E-state index contributed by atoms with van der Waals surface area (Å²) in [5.41, 5.74) is 3.09. The van der Waals surface area contributed by atoms with Crippen molar-refractivity contribution in [3.05, 3.63) is 59.2 Å². The van der Waals surface area contributed by atoms with E-state index in [0.717, 1.165) is 24.0 Å². The van der Waals surface area contributed by atoms with Gasteiger partial charge in [0, 0.05) is 29.3 Å². The molecule has 3 rings (SSSR count). The Morgan fingerprint density at radius 3 is 2.58 bits per heavy atom. The molecule has 166 valence electrons. The molecule has 2 aromatic carbocycles. The highest BCUT2D eigenvalue weighted by Crippen LogP contribution is 2.25. The normalized spacial score (nSPS) is 15.8. The second kappa shape index (κ2) is 10.7. The van der Waals surface area contributed by atoms with Crippen molar-refractivity contribution in [2.75, 3.05) is 25.0 Å². The molecule has 1 atom stereocenters. The van der Waals surface area contributed by atoms with Crippen LogP contribution in [0.3, 0.4) is 0 Å². The lowest BCUT2D eigenvalue weighted by atomic mass is 10.1. The van der Waals surface area contributed by atoms with Gasteiger partial charge in [-0.05, 0) is 68.1 Å². The highest BCUT2D eigenvalue weighted by atomic mass is 32.2. The predicted octanol–water partition coefficient (Wildman–Crippen LogP) is 4.88. The van der Waals surface area contributed by atoms with Gasteiger partial charge in [-0.25, -0.2) is 0 Å². The minimum Gasteiger partial charge on any atom is -0.376 e. The number of hydrogen-bond acceptors (Lipinski definition) is 4. The monoisotopic (exact) mass is 448 g/mol. The van der Waals surface area contributed by atoms with Crippen molar-refractivity contribution in [2.45, 2.75) is 43.4 Å². The van der Waals surface area contributed by atoms with Crippen LogP contribution < -0.4 is 5.32 Å². The zero-order chi connectivity index (χ0) is 22.4. The van der Waals surface area contributed by atoms with Crippen LogP contribution in [0.25, 0.3) is 0 Å². The van der Waals surface area contributed by atoms with Crippen molar-refractivity contribution in [3.63, 3.8) is 0 Å². The molecule has 0 aromatic heterocycles. The molecule has 0 radical (unpaired) electrons. The van der Waals surface area contributed by atoms with Gasteiger partial charge in [-0.15, -0.1) is 0 Å². The summed E-state index contributed by atoms with van der Waals surface area (Å²) in [7, 11) is 0. The number of hydrogen-bond donors (Lipinski definition) is 1. The first kappa shape index (κ1) is 23.2. The van der Waals surface area contributed by atoms with Gasteiger partial charge in [-0.3, -0.25) is 9.59 Å². The van der Waals surface area contributed by atoms with Gasteiger partial charge in [0.05, 0.1) is 6.10 Å². The lowest BCUT2D eigenvalue weighted by Crippen LogP contribution is -2.42. The Hall–Kier alpha value is -2.45. The number of carbonyl (C=O) groups excluding carboxylic acids is 2. The third-order valence-corrected chi connectivity index (χ3v) is 6.00. The quantitative estimate of drug-likeness (QED) is 0.585.